The molecule has 0 N–H and O–H groups in total. The van der Waals surface area contributed by atoms with Crippen LogP contribution < -0.4 is 0 Å². The third kappa shape index (κ3) is 7.35. The minimum absolute atomic E-state index is 0.265. The maximum Gasteiger partial charge on any atom is 0.338 e. The van der Waals surface area contributed by atoms with Crippen molar-refractivity contribution in [2.24, 2.45) is 0 Å². The molecule has 0 spiro atoms. The van der Waals surface area contributed by atoms with E-state index in [0.29, 0.717) is 45.2 Å². The summed E-state index contributed by atoms with van der Waals surface area (Å²) in [5.74, 6) is 6.51. The lowest BCUT2D eigenvalue weighted by Gasteiger charge is -2.48. The summed E-state index contributed by atoms with van der Waals surface area (Å²) in [4.78, 5) is 13.1. The predicted molar refractivity (Wildman–Crippen MR) is 170 cm³/mol. The Kier molecular flexibility index (Phi) is 12.3. The van der Waals surface area contributed by atoms with E-state index >= 15 is 0 Å². The highest BCUT2D eigenvalue weighted by atomic mass is 28.4. The molecule has 2 atom stereocenters. The van der Waals surface area contributed by atoms with Gasteiger partial charge in [0.1, 0.15) is 6.10 Å². The lowest BCUT2D eigenvalue weighted by atomic mass is 10.1. The summed E-state index contributed by atoms with van der Waals surface area (Å²) in [7, 11) is -4.54. The van der Waals surface area contributed by atoms with Gasteiger partial charge < -0.3 is 13.6 Å². The zero-order chi connectivity index (χ0) is 29.5. The van der Waals surface area contributed by atoms with E-state index in [9.17, 15) is 4.79 Å². The van der Waals surface area contributed by atoms with Gasteiger partial charge in [-0.15, -0.1) is 0 Å². The third-order valence-corrected chi connectivity index (χ3v) is 21.0. The molecule has 1 aromatic carbocycles. The molecule has 1 aliphatic rings. The Hall–Kier alpha value is -1.66. The fourth-order valence-electron chi connectivity index (χ4n) is 7.20. The van der Waals surface area contributed by atoms with E-state index < -0.39 is 22.7 Å². The van der Waals surface area contributed by atoms with Crippen molar-refractivity contribution in [2.45, 2.75) is 135 Å². The molecule has 0 fully saturated rings. The number of ether oxygens (including phenoxy) is 1. The first-order chi connectivity index (χ1) is 18.2. The highest BCUT2D eigenvalue weighted by Gasteiger charge is 2.51. The number of cyclic esters (lactones) is 1. The van der Waals surface area contributed by atoms with Crippen LogP contribution in [0.3, 0.4) is 0 Å². The molecule has 218 valence electrons. The Bertz CT molecular complexity index is 986. The summed E-state index contributed by atoms with van der Waals surface area (Å²) in [5.41, 5.74) is 3.89. The average Bonchev–Trinajstić information content (AvgIpc) is 2.83. The maximum atomic E-state index is 13.1. The summed E-state index contributed by atoms with van der Waals surface area (Å²) in [5, 5.41) is 0. The van der Waals surface area contributed by atoms with Crippen molar-refractivity contribution >= 4 is 28.7 Å². The van der Waals surface area contributed by atoms with Crippen molar-refractivity contribution < 1.29 is 18.4 Å². The van der Waals surface area contributed by atoms with E-state index in [1.165, 1.54) is 0 Å². The second-order valence-corrected chi connectivity index (χ2v) is 23.8. The molecule has 2 rings (SSSR count). The van der Waals surface area contributed by atoms with Crippen molar-refractivity contribution in [3.63, 3.8) is 0 Å². The molecule has 1 heterocycles. The number of rotatable bonds is 10. The van der Waals surface area contributed by atoms with Crippen LogP contribution in [0.4, 0.5) is 0 Å². The normalized spacial score (nSPS) is 20.1. The monoisotopic (exact) mass is 570 g/mol. The second kappa shape index (κ2) is 14.3. The number of hydrogen-bond donors (Lipinski definition) is 0. The maximum absolute atomic E-state index is 13.1. The van der Waals surface area contributed by atoms with Gasteiger partial charge in [0.05, 0.1) is 18.3 Å². The SMILES string of the molecule is CC(C)[Si](O[C@H]1C#C/C=C\c2ccccc2C(=O)OCC[C@@H]1O[Si](C(C)C)(C(C)C)C(C)C)(C(C)C)C(C)C. The summed E-state index contributed by atoms with van der Waals surface area (Å²) in [6.45, 7) is 27.9. The number of carbonyl (C=O) groups excluding carboxylic acids is 1. The van der Waals surface area contributed by atoms with Gasteiger partial charge in [-0.1, -0.05) is 113 Å². The van der Waals surface area contributed by atoms with E-state index in [1.54, 1.807) is 0 Å². The van der Waals surface area contributed by atoms with E-state index in [-0.39, 0.29) is 18.7 Å². The van der Waals surface area contributed by atoms with Gasteiger partial charge in [0, 0.05) is 6.42 Å². The first kappa shape index (κ1) is 33.5. The van der Waals surface area contributed by atoms with Crippen LogP contribution in [0, 0.1) is 11.8 Å². The van der Waals surface area contributed by atoms with Crippen LogP contribution in [0.1, 0.15) is 105 Å². The predicted octanol–water partition coefficient (Wildman–Crippen LogP) is 9.39. The van der Waals surface area contributed by atoms with Crippen LogP contribution in [0.25, 0.3) is 6.08 Å². The minimum atomic E-state index is -2.27. The molecular weight excluding hydrogens is 517 g/mol. The fraction of sp³-hybridized carbons (Fsp3) is 0.667. The summed E-state index contributed by atoms with van der Waals surface area (Å²) < 4.78 is 20.6. The zero-order valence-corrected chi connectivity index (χ0v) is 28.6. The summed E-state index contributed by atoms with van der Waals surface area (Å²) in [6.07, 6.45) is 3.60. The van der Waals surface area contributed by atoms with Gasteiger partial charge in [-0.2, -0.15) is 0 Å². The molecule has 0 saturated heterocycles. The van der Waals surface area contributed by atoms with Gasteiger partial charge in [0.15, 0.2) is 0 Å². The number of fused-ring (bicyclic) bond motifs is 1. The molecule has 0 aromatic heterocycles. The van der Waals surface area contributed by atoms with Crippen molar-refractivity contribution in [2.75, 3.05) is 6.61 Å². The Morgan fingerprint density at radius 2 is 1.26 bits per heavy atom. The number of benzene rings is 1. The van der Waals surface area contributed by atoms with Gasteiger partial charge in [0.25, 0.3) is 0 Å². The molecule has 39 heavy (non-hydrogen) atoms. The van der Waals surface area contributed by atoms with Crippen LogP contribution in [0.2, 0.25) is 33.2 Å². The number of allylic oxidation sites excluding steroid dienone is 1. The number of hydrogen-bond acceptors (Lipinski definition) is 4. The molecule has 0 radical (unpaired) electrons. The first-order valence-electron chi connectivity index (χ1n) is 15.0. The molecule has 0 saturated carbocycles. The molecule has 6 heteroatoms. The topological polar surface area (TPSA) is 44.8 Å². The van der Waals surface area contributed by atoms with Crippen LogP contribution in [-0.4, -0.2) is 41.4 Å². The Morgan fingerprint density at radius 3 is 1.77 bits per heavy atom. The standard InChI is InChI=1S/C33H54O4Si2/c1-23(2)38(24(3)4,25(5)6)36-31-20-16-14-18-29-17-13-15-19-30(29)33(34)35-22-21-32(31)37-39(26(7)8,27(9)10)28(11)12/h13-15,17-19,23-28,31-32H,21-22H2,1-12H3/b18-14-/t31-,32-/m0/s1. The molecule has 0 amide bonds. The lowest BCUT2D eigenvalue weighted by molar-refractivity contribution is 0.0253. The van der Waals surface area contributed by atoms with E-state index in [2.05, 4.69) is 94.9 Å². The van der Waals surface area contributed by atoms with E-state index in [1.807, 2.05) is 36.4 Å². The largest absolute Gasteiger partial charge is 0.462 e. The van der Waals surface area contributed by atoms with Crippen LogP contribution in [-0.2, 0) is 13.6 Å². The minimum Gasteiger partial charge on any atom is -0.462 e. The first-order valence-corrected chi connectivity index (χ1v) is 19.3. The van der Waals surface area contributed by atoms with Crippen LogP contribution in [0.15, 0.2) is 30.3 Å². The number of carbonyl (C=O) groups is 1. The molecule has 0 unspecified atom stereocenters. The molecule has 0 aliphatic carbocycles. The summed E-state index contributed by atoms with van der Waals surface area (Å²) in [6, 6.07) is 7.52. The number of esters is 1. The highest BCUT2D eigenvalue weighted by molar-refractivity contribution is 6.78. The average molecular weight is 571 g/mol. The third-order valence-electron chi connectivity index (χ3n) is 8.83. The van der Waals surface area contributed by atoms with Crippen molar-refractivity contribution in [3.8, 4) is 11.8 Å². The van der Waals surface area contributed by atoms with E-state index in [4.69, 9.17) is 13.6 Å². The summed E-state index contributed by atoms with van der Waals surface area (Å²) >= 11 is 0. The van der Waals surface area contributed by atoms with E-state index in [0.717, 1.165) is 5.56 Å². The smallest absolute Gasteiger partial charge is 0.338 e. The lowest BCUT2D eigenvalue weighted by Crippen LogP contribution is -2.56. The van der Waals surface area contributed by atoms with Gasteiger partial charge in [-0.3, -0.25) is 0 Å². The second-order valence-electron chi connectivity index (χ2n) is 13.0. The molecule has 0 bridgehead atoms. The van der Waals surface area contributed by atoms with Crippen molar-refractivity contribution in [1.82, 2.24) is 0 Å². The van der Waals surface area contributed by atoms with Gasteiger partial charge in [0.2, 0.25) is 16.6 Å². The Labute approximate surface area is 241 Å². The fourth-order valence-corrected chi connectivity index (χ4v) is 18.3. The molecule has 1 aromatic rings. The molecular formula is C33H54O4Si2. The Morgan fingerprint density at radius 1 is 0.769 bits per heavy atom. The van der Waals surface area contributed by atoms with Crippen LogP contribution in [0.5, 0.6) is 0 Å². The Balaban J connectivity index is 2.71. The highest BCUT2D eigenvalue weighted by Crippen LogP contribution is 2.46. The van der Waals surface area contributed by atoms with Crippen LogP contribution >= 0.6 is 0 Å². The molecule has 4 nitrogen and oxygen atoms in total. The van der Waals surface area contributed by atoms with Gasteiger partial charge in [-0.25, -0.2) is 4.79 Å². The van der Waals surface area contributed by atoms with Crippen molar-refractivity contribution in [3.05, 3.63) is 41.5 Å². The van der Waals surface area contributed by atoms with Gasteiger partial charge >= 0.3 is 5.97 Å². The van der Waals surface area contributed by atoms with Crippen molar-refractivity contribution in [1.29, 1.82) is 0 Å². The van der Waals surface area contributed by atoms with Gasteiger partial charge in [-0.05, 0) is 57.0 Å². The molecule has 1 aliphatic heterocycles. The quantitative estimate of drug-likeness (QED) is 0.160. The zero-order valence-electron chi connectivity index (χ0n) is 26.6.